The van der Waals surface area contributed by atoms with Crippen molar-refractivity contribution in [2.75, 3.05) is 17.2 Å². The lowest BCUT2D eigenvalue weighted by atomic mass is 10.1. The first-order valence-corrected chi connectivity index (χ1v) is 7.65. The summed E-state index contributed by atoms with van der Waals surface area (Å²) < 4.78 is 7.19. The van der Waals surface area contributed by atoms with Gasteiger partial charge in [0.15, 0.2) is 6.61 Å². The molecule has 124 valence electrons. The Kier molecular flexibility index (Phi) is 3.66. The molecule has 2 aromatic carbocycles. The van der Waals surface area contributed by atoms with Gasteiger partial charge in [0, 0.05) is 29.3 Å². The van der Waals surface area contributed by atoms with Gasteiger partial charge in [-0.1, -0.05) is 6.07 Å². The maximum absolute atomic E-state index is 12.5. The summed E-state index contributed by atoms with van der Waals surface area (Å²) in [6.07, 6.45) is 5.21. The maximum Gasteiger partial charge on any atom is 0.262 e. The summed E-state index contributed by atoms with van der Waals surface area (Å²) in [5, 5.41) is 5.56. The SMILES string of the molecule is O=C1COc2cc(C(=O)Nc3cccc(-n4ccnc4)c3)ccc2N1. The molecule has 0 radical (unpaired) electrons. The van der Waals surface area contributed by atoms with Gasteiger partial charge in [-0.15, -0.1) is 0 Å². The summed E-state index contributed by atoms with van der Waals surface area (Å²) in [6.45, 7) is -0.0506. The molecule has 0 saturated carbocycles. The number of fused-ring (bicyclic) bond motifs is 1. The van der Waals surface area contributed by atoms with Crippen LogP contribution in [0, 0.1) is 0 Å². The molecular formula is C18H14N4O3. The molecule has 2 amide bonds. The number of carbonyl (C=O) groups is 2. The molecule has 1 aromatic heterocycles. The first-order valence-electron chi connectivity index (χ1n) is 7.65. The predicted molar refractivity (Wildman–Crippen MR) is 92.1 cm³/mol. The minimum absolute atomic E-state index is 0.0506. The van der Waals surface area contributed by atoms with E-state index < -0.39 is 0 Å². The summed E-state index contributed by atoms with van der Waals surface area (Å²) in [6, 6.07) is 12.4. The average Bonchev–Trinajstić information content (AvgIpc) is 3.16. The third-order valence-electron chi connectivity index (χ3n) is 3.78. The van der Waals surface area contributed by atoms with Crippen LogP contribution in [0.5, 0.6) is 5.75 Å². The van der Waals surface area contributed by atoms with Gasteiger partial charge in [-0.25, -0.2) is 4.98 Å². The van der Waals surface area contributed by atoms with Gasteiger partial charge in [-0.2, -0.15) is 0 Å². The fraction of sp³-hybridized carbons (Fsp3) is 0.0556. The summed E-state index contributed by atoms with van der Waals surface area (Å²) in [5.74, 6) is 0.0199. The second-order valence-electron chi connectivity index (χ2n) is 5.52. The minimum Gasteiger partial charge on any atom is -0.482 e. The van der Waals surface area contributed by atoms with Gasteiger partial charge in [0.05, 0.1) is 12.0 Å². The molecule has 0 unspecified atom stereocenters. The van der Waals surface area contributed by atoms with Gasteiger partial charge in [0.2, 0.25) is 0 Å². The molecule has 2 heterocycles. The lowest BCUT2D eigenvalue weighted by Gasteiger charge is -2.18. The number of aromatic nitrogens is 2. The Hall–Kier alpha value is -3.61. The van der Waals surface area contributed by atoms with Crippen molar-refractivity contribution >= 4 is 23.2 Å². The van der Waals surface area contributed by atoms with Crippen LogP contribution in [-0.2, 0) is 4.79 Å². The van der Waals surface area contributed by atoms with Gasteiger partial charge in [0.1, 0.15) is 5.75 Å². The number of imidazole rings is 1. The van der Waals surface area contributed by atoms with Crippen molar-refractivity contribution < 1.29 is 14.3 Å². The van der Waals surface area contributed by atoms with Crippen LogP contribution in [0.15, 0.2) is 61.2 Å². The van der Waals surface area contributed by atoms with Crippen LogP contribution in [-0.4, -0.2) is 28.0 Å². The van der Waals surface area contributed by atoms with E-state index in [0.717, 1.165) is 5.69 Å². The van der Waals surface area contributed by atoms with Gasteiger partial charge < -0.3 is 19.9 Å². The average molecular weight is 334 g/mol. The van der Waals surface area contributed by atoms with Crippen LogP contribution >= 0.6 is 0 Å². The number of hydrogen-bond acceptors (Lipinski definition) is 4. The predicted octanol–water partition coefficient (Wildman–Crippen LogP) is 2.46. The Bertz CT molecular complexity index is 951. The zero-order valence-corrected chi connectivity index (χ0v) is 13.1. The second kappa shape index (κ2) is 6.12. The molecule has 1 aliphatic heterocycles. The molecule has 4 rings (SSSR count). The van der Waals surface area contributed by atoms with Crippen molar-refractivity contribution in [3.63, 3.8) is 0 Å². The zero-order chi connectivity index (χ0) is 17.2. The molecule has 0 atom stereocenters. The monoisotopic (exact) mass is 334 g/mol. The number of rotatable bonds is 3. The third kappa shape index (κ3) is 3.07. The number of anilines is 2. The van der Waals surface area contributed by atoms with E-state index in [-0.39, 0.29) is 18.4 Å². The molecule has 0 fully saturated rings. The molecule has 1 aliphatic rings. The third-order valence-corrected chi connectivity index (χ3v) is 3.78. The molecule has 0 spiro atoms. The molecule has 25 heavy (non-hydrogen) atoms. The Morgan fingerprint density at radius 3 is 3.00 bits per heavy atom. The number of amides is 2. The molecular weight excluding hydrogens is 320 g/mol. The molecule has 3 aromatic rings. The first-order chi connectivity index (χ1) is 12.2. The van der Waals surface area contributed by atoms with E-state index in [9.17, 15) is 9.59 Å². The Labute approximate surface area is 143 Å². The quantitative estimate of drug-likeness (QED) is 0.770. The highest BCUT2D eigenvalue weighted by Gasteiger charge is 2.18. The lowest BCUT2D eigenvalue weighted by Crippen LogP contribution is -2.25. The summed E-state index contributed by atoms with van der Waals surface area (Å²) in [4.78, 5) is 27.8. The second-order valence-corrected chi connectivity index (χ2v) is 5.52. The highest BCUT2D eigenvalue weighted by Crippen LogP contribution is 2.28. The van der Waals surface area contributed by atoms with E-state index in [1.807, 2.05) is 35.0 Å². The Balaban J connectivity index is 1.54. The number of benzene rings is 2. The van der Waals surface area contributed by atoms with Crippen molar-refractivity contribution in [3.8, 4) is 11.4 Å². The highest BCUT2D eigenvalue weighted by molar-refractivity contribution is 6.05. The molecule has 0 bridgehead atoms. The van der Waals surface area contributed by atoms with Gasteiger partial charge in [0.25, 0.3) is 11.8 Å². The van der Waals surface area contributed by atoms with E-state index >= 15 is 0 Å². The van der Waals surface area contributed by atoms with E-state index in [0.29, 0.717) is 22.7 Å². The fourth-order valence-corrected chi connectivity index (χ4v) is 2.58. The van der Waals surface area contributed by atoms with Crippen LogP contribution in [0.4, 0.5) is 11.4 Å². The zero-order valence-electron chi connectivity index (χ0n) is 13.1. The largest absolute Gasteiger partial charge is 0.482 e. The topological polar surface area (TPSA) is 85.2 Å². The van der Waals surface area contributed by atoms with Crippen LogP contribution in [0.25, 0.3) is 5.69 Å². The maximum atomic E-state index is 12.5. The van der Waals surface area contributed by atoms with Crippen LogP contribution in [0.2, 0.25) is 0 Å². The Morgan fingerprint density at radius 1 is 1.24 bits per heavy atom. The molecule has 0 saturated heterocycles. The van der Waals surface area contributed by atoms with E-state index in [1.165, 1.54) is 0 Å². The van der Waals surface area contributed by atoms with Crippen molar-refractivity contribution in [1.82, 2.24) is 9.55 Å². The van der Waals surface area contributed by atoms with Crippen molar-refractivity contribution in [3.05, 3.63) is 66.7 Å². The summed E-state index contributed by atoms with van der Waals surface area (Å²) in [7, 11) is 0. The Morgan fingerprint density at radius 2 is 2.16 bits per heavy atom. The standard InChI is InChI=1S/C18H14N4O3/c23-17-10-25-16-8-12(4-5-15(16)21-17)18(24)20-13-2-1-3-14(9-13)22-7-6-19-11-22/h1-9,11H,10H2,(H,20,24)(H,21,23). The number of ether oxygens (including phenoxy) is 1. The van der Waals surface area contributed by atoms with Crippen molar-refractivity contribution in [2.45, 2.75) is 0 Å². The molecule has 7 nitrogen and oxygen atoms in total. The molecule has 7 heteroatoms. The summed E-state index contributed by atoms with van der Waals surface area (Å²) in [5.41, 5.74) is 2.58. The fourth-order valence-electron chi connectivity index (χ4n) is 2.58. The number of nitrogens with zero attached hydrogens (tertiary/aromatic N) is 2. The van der Waals surface area contributed by atoms with E-state index in [1.54, 1.807) is 30.7 Å². The van der Waals surface area contributed by atoms with Gasteiger partial charge >= 0.3 is 0 Å². The van der Waals surface area contributed by atoms with Crippen LogP contribution < -0.4 is 15.4 Å². The first kappa shape index (κ1) is 14.9. The number of hydrogen-bond donors (Lipinski definition) is 2. The van der Waals surface area contributed by atoms with Crippen LogP contribution in [0.3, 0.4) is 0 Å². The highest BCUT2D eigenvalue weighted by atomic mass is 16.5. The van der Waals surface area contributed by atoms with Crippen molar-refractivity contribution in [1.29, 1.82) is 0 Å². The van der Waals surface area contributed by atoms with E-state index in [4.69, 9.17) is 4.74 Å². The smallest absolute Gasteiger partial charge is 0.262 e. The van der Waals surface area contributed by atoms with Gasteiger partial charge in [-0.3, -0.25) is 9.59 Å². The van der Waals surface area contributed by atoms with Crippen molar-refractivity contribution in [2.24, 2.45) is 0 Å². The number of nitrogens with one attached hydrogen (secondary N) is 2. The normalized spacial score (nSPS) is 12.7. The van der Waals surface area contributed by atoms with E-state index in [2.05, 4.69) is 15.6 Å². The van der Waals surface area contributed by atoms with Gasteiger partial charge in [-0.05, 0) is 36.4 Å². The number of carbonyl (C=O) groups excluding carboxylic acids is 2. The summed E-state index contributed by atoms with van der Waals surface area (Å²) >= 11 is 0. The van der Waals surface area contributed by atoms with Crippen LogP contribution in [0.1, 0.15) is 10.4 Å². The molecule has 0 aliphatic carbocycles. The molecule has 2 N–H and O–H groups in total. The lowest BCUT2D eigenvalue weighted by molar-refractivity contribution is -0.118. The minimum atomic E-state index is -0.258.